The third kappa shape index (κ3) is 3.23. The molecule has 0 spiro atoms. The van der Waals surface area contributed by atoms with Gasteiger partial charge >= 0.3 is 0 Å². The van der Waals surface area contributed by atoms with E-state index in [1.54, 1.807) is 6.20 Å². The normalized spacial score (nSPS) is 11.9. The third-order valence-corrected chi connectivity index (χ3v) is 1.50. The van der Waals surface area contributed by atoms with Crippen molar-refractivity contribution < 1.29 is 4.84 Å². The molecule has 0 aliphatic heterocycles. The summed E-state index contributed by atoms with van der Waals surface area (Å²) in [7, 11) is 0. The van der Waals surface area contributed by atoms with E-state index >= 15 is 0 Å². The highest BCUT2D eigenvalue weighted by molar-refractivity contribution is 5.78. The average molecular weight is 178 g/mol. The SMILES string of the molecule is CC(C)=NO[C@H](C)c1ccccn1. The van der Waals surface area contributed by atoms with Gasteiger partial charge in [-0.05, 0) is 32.9 Å². The lowest BCUT2D eigenvalue weighted by atomic mass is 10.2. The van der Waals surface area contributed by atoms with Gasteiger partial charge in [-0.1, -0.05) is 11.2 Å². The zero-order valence-electron chi connectivity index (χ0n) is 8.19. The Morgan fingerprint density at radius 1 is 1.46 bits per heavy atom. The van der Waals surface area contributed by atoms with Crippen molar-refractivity contribution in [2.45, 2.75) is 26.9 Å². The molecule has 0 fully saturated rings. The first kappa shape index (κ1) is 9.71. The molecular weight excluding hydrogens is 164 g/mol. The van der Waals surface area contributed by atoms with Crippen LogP contribution in [0.25, 0.3) is 0 Å². The van der Waals surface area contributed by atoms with Crippen molar-refractivity contribution in [1.29, 1.82) is 0 Å². The van der Waals surface area contributed by atoms with Crippen LogP contribution in [-0.2, 0) is 4.84 Å². The minimum absolute atomic E-state index is 0.0869. The summed E-state index contributed by atoms with van der Waals surface area (Å²) in [4.78, 5) is 9.38. The quantitative estimate of drug-likeness (QED) is 0.526. The molecule has 1 atom stereocenters. The fourth-order valence-electron chi connectivity index (χ4n) is 0.855. The summed E-state index contributed by atoms with van der Waals surface area (Å²) in [6, 6.07) is 5.74. The molecule has 0 amide bonds. The second-order valence-corrected chi connectivity index (χ2v) is 3.04. The topological polar surface area (TPSA) is 34.5 Å². The third-order valence-electron chi connectivity index (χ3n) is 1.50. The lowest BCUT2D eigenvalue weighted by Crippen LogP contribution is -1.98. The molecule has 13 heavy (non-hydrogen) atoms. The maximum Gasteiger partial charge on any atom is 0.166 e. The van der Waals surface area contributed by atoms with E-state index in [0.717, 1.165) is 11.4 Å². The van der Waals surface area contributed by atoms with Crippen molar-refractivity contribution in [3.8, 4) is 0 Å². The maximum absolute atomic E-state index is 5.21. The molecule has 0 radical (unpaired) electrons. The molecule has 1 heterocycles. The van der Waals surface area contributed by atoms with Gasteiger partial charge in [-0.15, -0.1) is 0 Å². The number of oxime groups is 1. The number of pyridine rings is 1. The summed E-state index contributed by atoms with van der Waals surface area (Å²) in [6.07, 6.45) is 1.66. The van der Waals surface area contributed by atoms with E-state index in [2.05, 4.69) is 10.1 Å². The molecule has 0 N–H and O–H groups in total. The molecule has 3 heteroatoms. The van der Waals surface area contributed by atoms with Gasteiger partial charge in [-0.25, -0.2) is 0 Å². The van der Waals surface area contributed by atoms with Crippen LogP contribution in [0.2, 0.25) is 0 Å². The van der Waals surface area contributed by atoms with Crippen LogP contribution in [0.1, 0.15) is 32.6 Å². The van der Waals surface area contributed by atoms with E-state index in [0.29, 0.717) is 0 Å². The van der Waals surface area contributed by atoms with Crippen molar-refractivity contribution in [1.82, 2.24) is 4.98 Å². The van der Waals surface area contributed by atoms with Crippen molar-refractivity contribution in [3.63, 3.8) is 0 Å². The minimum Gasteiger partial charge on any atom is -0.386 e. The number of aromatic nitrogens is 1. The molecular formula is C10H14N2O. The van der Waals surface area contributed by atoms with Gasteiger partial charge in [-0.2, -0.15) is 0 Å². The van der Waals surface area contributed by atoms with Crippen LogP contribution >= 0.6 is 0 Å². The molecule has 0 aromatic carbocycles. The van der Waals surface area contributed by atoms with Crippen molar-refractivity contribution in [2.24, 2.45) is 5.16 Å². The Morgan fingerprint density at radius 3 is 2.77 bits per heavy atom. The molecule has 0 unspecified atom stereocenters. The maximum atomic E-state index is 5.21. The van der Waals surface area contributed by atoms with E-state index < -0.39 is 0 Å². The number of hydrogen-bond donors (Lipinski definition) is 0. The molecule has 1 aromatic rings. The number of hydrogen-bond acceptors (Lipinski definition) is 3. The van der Waals surface area contributed by atoms with Gasteiger partial charge in [0, 0.05) is 6.20 Å². The minimum atomic E-state index is -0.0869. The summed E-state index contributed by atoms with van der Waals surface area (Å²) < 4.78 is 0. The van der Waals surface area contributed by atoms with Crippen LogP contribution in [-0.4, -0.2) is 10.7 Å². The predicted octanol–water partition coefficient (Wildman–Crippen LogP) is 2.56. The van der Waals surface area contributed by atoms with Gasteiger partial charge in [0.2, 0.25) is 0 Å². The molecule has 1 rings (SSSR count). The van der Waals surface area contributed by atoms with Crippen LogP contribution in [0.3, 0.4) is 0 Å². The fraction of sp³-hybridized carbons (Fsp3) is 0.400. The fourth-order valence-corrected chi connectivity index (χ4v) is 0.855. The summed E-state index contributed by atoms with van der Waals surface area (Å²) in [5, 5.41) is 3.88. The lowest BCUT2D eigenvalue weighted by molar-refractivity contribution is 0.0690. The zero-order chi connectivity index (χ0) is 9.68. The molecule has 0 saturated carbocycles. The van der Waals surface area contributed by atoms with Gasteiger partial charge in [0.1, 0.15) is 0 Å². The summed E-state index contributed by atoms with van der Waals surface area (Å²) in [5.41, 5.74) is 1.80. The molecule has 3 nitrogen and oxygen atoms in total. The largest absolute Gasteiger partial charge is 0.386 e. The molecule has 0 aliphatic rings. The number of nitrogens with zero attached hydrogens (tertiary/aromatic N) is 2. The Hall–Kier alpha value is -1.38. The van der Waals surface area contributed by atoms with Crippen LogP contribution < -0.4 is 0 Å². The summed E-state index contributed by atoms with van der Waals surface area (Å²) >= 11 is 0. The highest BCUT2D eigenvalue weighted by atomic mass is 16.6. The average Bonchev–Trinajstić information content (AvgIpc) is 2.15. The van der Waals surface area contributed by atoms with Gasteiger partial charge in [-0.3, -0.25) is 4.98 Å². The molecule has 0 aliphatic carbocycles. The first-order chi connectivity index (χ1) is 6.20. The van der Waals surface area contributed by atoms with E-state index in [1.807, 2.05) is 39.0 Å². The Bertz CT molecular complexity index is 278. The van der Waals surface area contributed by atoms with E-state index in [1.165, 1.54) is 0 Å². The first-order valence-electron chi connectivity index (χ1n) is 4.28. The molecule has 70 valence electrons. The Kier molecular flexibility index (Phi) is 3.43. The number of rotatable bonds is 3. The Labute approximate surface area is 78.4 Å². The van der Waals surface area contributed by atoms with Crippen LogP contribution in [0, 0.1) is 0 Å². The standard InChI is InChI=1S/C10H14N2O/c1-8(2)12-13-9(3)10-6-4-5-7-11-10/h4-7,9H,1-3H3/t9-/m1/s1. The zero-order valence-corrected chi connectivity index (χ0v) is 8.19. The van der Waals surface area contributed by atoms with E-state index in [-0.39, 0.29) is 6.10 Å². The lowest BCUT2D eigenvalue weighted by Gasteiger charge is -2.08. The van der Waals surface area contributed by atoms with E-state index in [9.17, 15) is 0 Å². The molecule has 1 aromatic heterocycles. The molecule has 0 saturated heterocycles. The summed E-state index contributed by atoms with van der Waals surface area (Å²) in [6.45, 7) is 5.71. The van der Waals surface area contributed by atoms with Crippen molar-refractivity contribution in [3.05, 3.63) is 30.1 Å². The summed E-state index contributed by atoms with van der Waals surface area (Å²) in [5.74, 6) is 0. The Balaban J connectivity index is 2.59. The highest BCUT2D eigenvalue weighted by Gasteiger charge is 2.05. The smallest absolute Gasteiger partial charge is 0.166 e. The monoisotopic (exact) mass is 178 g/mol. The van der Waals surface area contributed by atoms with Gasteiger partial charge in [0.25, 0.3) is 0 Å². The van der Waals surface area contributed by atoms with Gasteiger partial charge < -0.3 is 4.84 Å². The van der Waals surface area contributed by atoms with Crippen molar-refractivity contribution in [2.75, 3.05) is 0 Å². The van der Waals surface area contributed by atoms with Crippen molar-refractivity contribution >= 4 is 5.71 Å². The highest BCUT2D eigenvalue weighted by Crippen LogP contribution is 2.13. The second-order valence-electron chi connectivity index (χ2n) is 3.04. The van der Waals surface area contributed by atoms with Gasteiger partial charge in [0.05, 0.1) is 11.4 Å². The van der Waals surface area contributed by atoms with Crippen LogP contribution in [0.5, 0.6) is 0 Å². The van der Waals surface area contributed by atoms with Crippen LogP contribution in [0.4, 0.5) is 0 Å². The molecule has 0 bridgehead atoms. The van der Waals surface area contributed by atoms with E-state index in [4.69, 9.17) is 4.84 Å². The first-order valence-corrected chi connectivity index (χ1v) is 4.28. The van der Waals surface area contributed by atoms with Gasteiger partial charge in [0.15, 0.2) is 6.10 Å². The van der Waals surface area contributed by atoms with Crippen LogP contribution in [0.15, 0.2) is 29.6 Å². The second kappa shape index (κ2) is 4.60. The Morgan fingerprint density at radius 2 is 2.23 bits per heavy atom. The predicted molar refractivity (Wildman–Crippen MR) is 52.5 cm³/mol.